The van der Waals surface area contributed by atoms with Gasteiger partial charge in [0.05, 0.1) is 6.61 Å². The molecular weight excluding hydrogens is 260 g/mol. The van der Waals surface area contributed by atoms with Gasteiger partial charge in [0.15, 0.2) is 0 Å². The van der Waals surface area contributed by atoms with Crippen molar-refractivity contribution in [1.29, 1.82) is 0 Å². The van der Waals surface area contributed by atoms with Gasteiger partial charge >= 0.3 is 0 Å². The van der Waals surface area contributed by atoms with Crippen molar-refractivity contribution in [2.75, 3.05) is 19.8 Å². The summed E-state index contributed by atoms with van der Waals surface area (Å²) in [5, 5.41) is 3.95. The lowest BCUT2D eigenvalue weighted by Gasteiger charge is -2.17. The van der Waals surface area contributed by atoms with E-state index in [0.29, 0.717) is 11.6 Å². The molecule has 0 saturated carbocycles. The van der Waals surface area contributed by atoms with Gasteiger partial charge in [-0.1, -0.05) is 30.7 Å². The van der Waals surface area contributed by atoms with Gasteiger partial charge in [-0.2, -0.15) is 0 Å². The fourth-order valence-electron chi connectivity index (χ4n) is 1.70. The molecule has 0 radical (unpaired) electrons. The van der Waals surface area contributed by atoms with E-state index >= 15 is 0 Å². The Morgan fingerprint density at radius 3 is 2.78 bits per heavy atom. The third-order valence-corrected chi connectivity index (χ3v) is 2.78. The molecule has 0 saturated heterocycles. The first-order valence-corrected chi connectivity index (χ1v) is 6.36. The second-order valence-electron chi connectivity index (χ2n) is 3.94. The number of hydrogen-bond acceptors (Lipinski definition) is 2. The molecular formula is C13H18ClF2NO. The van der Waals surface area contributed by atoms with Crippen LogP contribution in [0.25, 0.3) is 0 Å². The van der Waals surface area contributed by atoms with Crippen LogP contribution in [0.15, 0.2) is 24.3 Å². The molecule has 0 aliphatic heterocycles. The van der Waals surface area contributed by atoms with E-state index in [-0.39, 0.29) is 12.6 Å². The lowest BCUT2D eigenvalue weighted by atomic mass is 10.0. The van der Waals surface area contributed by atoms with Gasteiger partial charge in [-0.15, -0.1) is 0 Å². The Balaban J connectivity index is 2.34. The summed E-state index contributed by atoms with van der Waals surface area (Å²) in [5.74, 6) is 0. The summed E-state index contributed by atoms with van der Waals surface area (Å²) in [5.41, 5.74) is 1.10. The summed E-state index contributed by atoms with van der Waals surface area (Å²) >= 11 is 5.93. The highest BCUT2D eigenvalue weighted by atomic mass is 35.5. The van der Waals surface area contributed by atoms with Crippen LogP contribution in [-0.2, 0) is 4.74 Å². The Hall–Kier alpha value is -0.710. The molecule has 0 bridgehead atoms. The molecule has 1 rings (SSSR count). The monoisotopic (exact) mass is 277 g/mol. The molecule has 1 aromatic carbocycles. The zero-order chi connectivity index (χ0) is 13.4. The van der Waals surface area contributed by atoms with Crippen LogP contribution in [0.5, 0.6) is 0 Å². The van der Waals surface area contributed by atoms with Crippen LogP contribution < -0.4 is 5.32 Å². The molecule has 1 unspecified atom stereocenters. The standard InChI is InChI=1S/C13H18ClF2NO/c1-2-12(10-4-3-5-11(14)8-10)17-6-7-18-9-13(15)16/h3-5,8,12-13,17H,2,6-7,9H2,1H3. The van der Waals surface area contributed by atoms with Gasteiger partial charge < -0.3 is 10.1 Å². The van der Waals surface area contributed by atoms with Crippen molar-refractivity contribution < 1.29 is 13.5 Å². The van der Waals surface area contributed by atoms with Crippen LogP contribution in [0.2, 0.25) is 5.02 Å². The molecule has 0 spiro atoms. The number of rotatable bonds is 8. The minimum atomic E-state index is -2.40. The van der Waals surface area contributed by atoms with Gasteiger partial charge in [-0.25, -0.2) is 8.78 Å². The molecule has 1 N–H and O–H groups in total. The predicted molar refractivity (Wildman–Crippen MR) is 69.3 cm³/mol. The maximum Gasteiger partial charge on any atom is 0.261 e. The quantitative estimate of drug-likeness (QED) is 0.732. The molecule has 0 aromatic heterocycles. The van der Waals surface area contributed by atoms with Crippen LogP contribution in [-0.4, -0.2) is 26.2 Å². The highest BCUT2D eigenvalue weighted by Gasteiger charge is 2.08. The zero-order valence-corrected chi connectivity index (χ0v) is 11.1. The summed E-state index contributed by atoms with van der Waals surface area (Å²) < 4.78 is 28.5. The van der Waals surface area contributed by atoms with E-state index in [9.17, 15) is 8.78 Å². The molecule has 0 heterocycles. The second kappa shape index (κ2) is 8.40. The first-order chi connectivity index (χ1) is 8.63. The lowest BCUT2D eigenvalue weighted by Crippen LogP contribution is -2.25. The van der Waals surface area contributed by atoms with Gasteiger partial charge in [0.1, 0.15) is 6.61 Å². The summed E-state index contributed by atoms with van der Waals surface area (Å²) in [6, 6.07) is 7.79. The maximum atomic E-state index is 11.8. The first kappa shape index (κ1) is 15.3. The molecule has 5 heteroatoms. The van der Waals surface area contributed by atoms with Crippen LogP contribution in [0.1, 0.15) is 24.9 Å². The van der Waals surface area contributed by atoms with Crippen molar-refractivity contribution in [3.8, 4) is 0 Å². The van der Waals surface area contributed by atoms with E-state index in [4.69, 9.17) is 16.3 Å². The Morgan fingerprint density at radius 1 is 1.39 bits per heavy atom. The maximum absolute atomic E-state index is 11.8. The molecule has 0 aliphatic rings. The third-order valence-electron chi connectivity index (χ3n) is 2.54. The van der Waals surface area contributed by atoms with Crippen molar-refractivity contribution in [1.82, 2.24) is 5.32 Å². The predicted octanol–water partition coefficient (Wildman–Crippen LogP) is 3.66. The summed E-state index contributed by atoms with van der Waals surface area (Å²) in [6.07, 6.45) is -1.50. The topological polar surface area (TPSA) is 21.3 Å². The van der Waals surface area contributed by atoms with Crippen LogP contribution in [0, 0.1) is 0 Å². The van der Waals surface area contributed by atoms with E-state index in [2.05, 4.69) is 12.2 Å². The minimum Gasteiger partial charge on any atom is -0.374 e. The van der Waals surface area contributed by atoms with Crippen LogP contribution in [0.3, 0.4) is 0 Å². The number of nitrogens with one attached hydrogen (secondary N) is 1. The van der Waals surface area contributed by atoms with Gasteiger partial charge in [0.2, 0.25) is 0 Å². The van der Waals surface area contributed by atoms with E-state index in [1.165, 1.54) is 0 Å². The highest BCUT2D eigenvalue weighted by molar-refractivity contribution is 6.30. The van der Waals surface area contributed by atoms with Crippen molar-refractivity contribution in [2.24, 2.45) is 0 Å². The molecule has 2 nitrogen and oxygen atoms in total. The van der Waals surface area contributed by atoms with Gasteiger partial charge in [-0.05, 0) is 24.1 Å². The second-order valence-corrected chi connectivity index (χ2v) is 4.37. The number of ether oxygens (including phenoxy) is 1. The SMILES string of the molecule is CCC(NCCOCC(F)F)c1cccc(Cl)c1. The van der Waals surface area contributed by atoms with Gasteiger partial charge in [0.25, 0.3) is 6.43 Å². The highest BCUT2D eigenvalue weighted by Crippen LogP contribution is 2.19. The van der Waals surface area contributed by atoms with Crippen molar-refractivity contribution in [3.05, 3.63) is 34.9 Å². The molecule has 0 fully saturated rings. The number of benzene rings is 1. The molecule has 0 aliphatic carbocycles. The summed E-state index contributed by atoms with van der Waals surface area (Å²) in [6.45, 7) is 2.37. The number of halogens is 3. The fraction of sp³-hybridized carbons (Fsp3) is 0.538. The smallest absolute Gasteiger partial charge is 0.261 e. The van der Waals surface area contributed by atoms with E-state index in [0.717, 1.165) is 12.0 Å². The molecule has 0 amide bonds. The minimum absolute atomic E-state index is 0.166. The number of hydrogen-bond donors (Lipinski definition) is 1. The van der Waals surface area contributed by atoms with E-state index in [1.807, 2.05) is 24.3 Å². The molecule has 1 aromatic rings. The van der Waals surface area contributed by atoms with Crippen molar-refractivity contribution >= 4 is 11.6 Å². The van der Waals surface area contributed by atoms with E-state index < -0.39 is 13.0 Å². The number of alkyl halides is 2. The lowest BCUT2D eigenvalue weighted by molar-refractivity contribution is 0.0181. The normalized spacial score (nSPS) is 12.9. The first-order valence-electron chi connectivity index (χ1n) is 5.98. The Labute approximate surface area is 111 Å². The summed E-state index contributed by atoms with van der Waals surface area (Å²) in [4.78, 5) is 0. The van der Waals surface area contributed by atoms with Gasteiger partial charge in [0, 0.05) is 17.6 Å². The average Bonchev–Trinajstić information content (AvgIpc) is 2.33. The van der Waals surface area contributed by atoms with Gasteiger partial charge in [-0.3, -0.25) is 0 Å². The largest absolute Gasteiger partial charge is 0.374 e. The third kappa shape index (κ3) is 5.76. The van der Waals surface area contributed by atoms with Crippen LogP contribution >= 0.6 is 11.6 Å². The average molecular weight is 278 g/mol. The Bertz CT molecular complexity index is 350. The van der Waals surface area contributed by atoms with Crippen molar-refractivity contribution in [3.63, 3.8) is 0 Å². The molecule has 18 heavy (non-hydrogen) atoms. The fourth-order valence-corrected chi connectivity index (χ4v) is 1.90. The molecule has 102 valence electrons. The summed E-state index contributed by atoms with van der Waals surface area (Å²) in [7, 11) is 0. The van der Waals surface area contributed by atoms with Crippen molar-refractivity contribution in [2.45, 2.75) is 25.8 Å². The van der Waals surface area contributed by atoms with Crippen LogP contribution in [0.4, 0.5) is 8.78 Å². The molecule has 1 atom stereocenters. The van der Waals surface area contributed by atoms with E-state index in [1.54, 1.807) is 0 Å². The zero-order valence-electron chi connectivity index (χ0n) is 10.3. The Morgan fingerprint density at radius 2 is 2.17 bits per heavy atom. The Kier molecular flexibility index (Phi) is 7.16.